The molecule has 0 aromatic heterocycles. The molecule has 1 aliphatic heterocycles. The van der Waals surface area contributed by atoms with Gasteiger partial charge >= 0.3 is 0 Å². The summed E-state index contributed by atoms with van der Waals surface area (Å²) in [7, 11) is -7.78. The average Bonchev–Trinajstić information content (AvgIpc) is 2.85. The van der Waals surface area contributed by atoms with Gasteiger partial charge in [0.15, 0.2) is 0 Å². The predicted octanol–water partition coefficient (Wildman–Crippen LogP) is 1.63. The lowest BCUT2D eigenvalue weighted by Crippen LogP contribution is -2.35. The zero-order chi connectivity index (χ0) is 20.1. The van der Waals surface area contributed by atoms with E-state index in [9.17, 15) is 21.6 Å². The fraction of sp³-hybridized carbons (Fsp3) is 0.0556. The van der Waals surface area contributed by atoms with Crippen molar-refractivity contribution >= 4 is 48.1 Å². The third-order valence-electron chi connectivity index (χ3n) is 4.41. The summed E-state index contributed by atoms with van der Waals surface area (Å²) in [6, 6.07) is 15.6. The number of hydrogen-bond donors (Lipinski definition) is 2. The second-order valence-electron chi connectivity index (χ2n) is 6.26. The number of rotatable bonds is 4. The topological polar surface area (TPSA) is 127 Å². The van der Waals surface area contributed by atoms with E-state index in [1.165, 1.54) is 30.3 Å². The van der Waals surface area contributed by atoms with Gasteiger partial charge in [0, 0.05) is 11.1 Å². The molecule has 0 unspecified atom stereocenters. The van der Waals surface area contributed by atoms with E-state index in [-0.39, 0.29) is 15.5 Å². The molecule has 8 nitrogen and oxygen atoms in total. The molecule has 3 aromatic carbocycles. The fourth-order valence-electron chi connectivity index (χ4n) is 3.21. The first-order chi connectivity index (χ1) is 13.2. The zero-order valence-electron chi connectivity index (χ0n) is 14.4. The molecule has 144 valence electrons. The summed E-state index contributed by atoms with van der Waals surface area (Å²) in [5.74, 6) is -0.611. The Morgan fingerprint density at radius 3 is 2.43 bits per heavy atom. The van der Waals surface area contributed by atoms with Crippen LogP contribution in [0.25, 0.3) is 10.8 Å². The van der Waals surface area contributed by atoms with Gasteiger partial charge < -0.3 is 5.32 Å². The van der Waals surface area contributed by atoms with E-state index in [2.05, 4.69) is 5.32 Å². The lowest BCUT2D eigenvalue weighted by Gasteiger charge is -2.18. The summed E-state index contributed by atoms with van der Waals surface area (Å²) >= 11 is 0. The van der Waals surface area contributed by atoms with Crippen LogP contribution in [0.15, 0.2) is 70.5 Å². The van der Waals surface area contributed by atoms with Crippen molar-refractivity contribution in [2.24, 2.45) is 5.14 Å². The van der Waals surface area contributed by atoms with Gasteiger partial charge in [-0.2, -0.15) is 0 Å². The molecule has 10 heteroatoms. The fourth-order valence-corrected chi connectivity index (χ4v) is 5.44. The molecule has 0 aliphatic carbocycles. The largest absolute Gasteiger partial charge is 0.324 e. The Balaban J connectivity index is 1.64. The van der Waals surface area contributed by atoms with Gasteiger partial charge in [0.2, 0.25) is 15.9 Å². The highest BCUT2D eigenvalue weighted by atomic mass is 32.2. The van der Waals surface area contributed by atoms with Gasteiger partial charge in [0.25, 0.3) is 10.0 Å². The van der Waals surface area contributed by atoms with Gasteiger partial charge in [-0.1, -0.05) is 30.3 Å². The van der Waals surface area contributed by atoms with Crippen LogP contribution in [-0.4, -0.2) is 29.3 Å². The average molecular weight is 417 g/mol. The quantitative estimate of drug-likeness (QED) is 0.667. The van der Waals surface area contributed by atoms with E-state index < -0.39 is 32.5 Å². The first-order valence-corrected chi connectivity index (χ1v) is 11.1. The molecule has 0 atom stereocenters. The molecular formula is C18H15N3O5S2. The lowest BCUT2D eigenvalue weighted by atomic mass is 10.1. The van der Waals surface area contributed by atoms with Crippen LogP contribution in [0.3, 0.4) is 0 Å². The van der Waals surface area contributed by atoms with E-state index in [1.807, 2.05) is 0 Å². The van der Waals surface area contributed by atoms with Crippen molar-refractivity contribution in [3.63, 3.8) is 0 Å². The minimum absolute atomic E-state index is 0.156. The van der Waals surface area contributed by atoms with Crippen molar-refractivity contribution in [3.8, 4) is 0 Å². The molecule has 4 rings (SSSR count). The molecule has 0 bridgehead atoms. The van der Waals surface area contributed by atoms with Crippen molar-refractivity contribution in [1.29, 1.82) is 0 Å². The molecule has 28 heavy (non-hydrogen) atoms. The third-order valence-corrected chi connectivity index (χ3v) is 7.13. The monoisotopic (exact) mass is 417 g/mol. The maximum absolute atomic E-state index is 12.9. The van der Waals surface area contributed by atoms with Crippen molar-refractivity contribution < 1.29 is 21.6 Å². The van der Waals surface area contributed by atoms with Crippen LogP contribution < -0.4 is 14.8 Å². The Kier molecular flexibility index (Phi) is 4.14. The van der Waals surface area contributed by atoms with Crippen molar-refractivity contribution in [1.82, 2.24) is 0 Å². The summed E-state index contributed by atoms with van der Waals surface area (Å²) in [5, 5.41) is 8.94. The number of carbonyl (C=O) groups excluding carboxylic acids is 1. The first kappa shape index (κ1) is 18.4. The van der Waals surface area contributed by atoms with Crippen LogP contribution in [0, 0.1) is 0 Å². The molecule has 0 saturated carbocycles. The number of primary sulfonamides is 1. The van der Waals surface area contributed by atoms with E-state index >= 15 is 0 Å². The summed E-state index contributed by atoms with van der Waals surface area (Å²) in [6.07, 6.45) is 0. The molecule has 0 spiro atoms. The number of hydrogen-bond acceptors (Lipinski definition) is 5. The van der Waals surface area contributed by atoms with E-state index in [0.717, 1.165) is 9.69 Å². The Bertz CT molecular complexity index is 1330. The van der Waals surface area contributed by atoms with Crippen molar-refractivity contribution in [2.45, 2.75) is 9.79 Å². The Hall–Kier alpha value is -2.95. The maximum atomic E-state index is 12.9. The maximum Gasteiger partial charge on any atom is 0.265 e. The number of nitrogens with zero attached hydrogens (tertiary/aromatic N) is 1. The summed E-state index contributed by atoms with van der Waals surface area (Å²) in [6.45, 7) is -0.449. The van der Waals surface area contributed by atoms with Gasteiger partial charge in [-0.3, -0.25) is 9.10 Å². The van der Waals surface area contributed by atoms with E-state index in [4.69, 9.17) is 5.14 Å². The van der Waals surface area contributed by atoms with Crippen LogP contribution in [-0.2, 0) is 24.8 Å². The van der Waals surface area contributed by atoms with Gasteiger partial charge in [0.05, 0.1) is 15.5 Å². The zero-order valence-corrected chi connectivity index (χ0v) is 16.0. The minimum Gasteiger partial charge on any atom is -0.324 e. The number of carbonyl (C=O) groups is 1. The van der Waals surface area contributed by atoms with Crippen LogP contribution in [0.5, 0.6) is 0 Å². The van der Waals surface area contributed by atoms with E-state index in [1.54, 1.807) is 30.3 Å². The second-order valence-corrected chi connectivity index (χ2v) is 9.66. The Morgan fingerprint density at radius 2 is 1.71 bits per heavy atom. The van der Waals surface area contributed by atoms with Gasteiger partial charge in [-0.05, 0) is 35.7 Å². The number of sulfonamides is 2. The van der Waals surface area contributed by atoms with E-state index in [0.29, 0.717) is 11.1 Å². The first-order valence-electron chi connectivity index (χ1n) is 8.15. The molecule has 1 amide bonds. The van der Waals surface area contributed by atoms with Gasteiger partial charge in [-0.15, -0.1) is 0 Å². The third kappa shape index (κ3) is 3.01. The molecule has 1 heterocycles. The molecule has 3 aromatic rings. The van der Waals surface area contributed by atoms with Crippen molar-refractivity contribution in [2.75, 3.05) is 16.2 Å². The highest BCUT2D eigenvalue weighted by Gasteiger charge is 2.36. The Morgan fingerprint density at radius 1 is 1.04 bits per heavy atom. The van der Waals surface area contributed by atoms with Crippen LogP contribution in [0.1, 0.15) is 0 Å². The van der Waals surface area contributed by atoms with Gasteiger partial charge in [0.1, 0.15) is 6.54 Å². The normalized spacial score (nSPS) is 15.0. The van der Waals surface area contributed by atoms with Gasteiger partial charge in [-0.25, -0.2) is 22.0 Å². The standard InChI is InChI=1S/C18H15N3O5S2/c19-27(23,24)14-7-3-6-13(10-14)20-17(22)11-21-15-8-1-4-12-5-2-9-16(18(12)15)28(21,25)26/h1-10H,11H2,(H,20,22)(H2,19,23,24). The molecule has 0 fully saturated rings. The summed E-state index contributed by atoms with van der Waals surface area (Å²) in [5.41, 5.74) is 0.630. The SMILES string of the molecule is NS(=O)(=O)c1cccc(NC(=O)CN2c3cccc4cccc(c34)S2(=O)=O)c1. The highest BCUT2D eigenvalue weighted by molar-refractivity contribution is 7.93. The number of benzene rings is 3. The molecule has 1 aliphatic rings. The van der Waals surface area contributed by atoms with Crippen LogP contribution in [0.4, 0.5) is 11.4 Å². The lowest BCUT2D eigenvalue weighted by molar-refractivity contribution is -0.114. The Labute approximate surface area is 161 Å². The van der Waals surface area contributed by atoms with Crippen LogP contribution in [0.2, 0.25) is 0 Å². The molecule has 0 radical (unpaired) electrons. The summed E-state index contributed by atoms with van der Waals surface area (Å²) in [4.78, 5) is 12.5. The molecular weight excluding hydrogens is 402 g/mol. The molecule has 0 saturated heterocycles. The number of nitrogens with two attached hydrogens (primary N) is 1. The number of anilines is 2. The molecule has 3 N–H and O–H groups in total. The highest BCUT2D eigenvalue weighted by Crippen LogP contribution is 2.41. The second kappa shape index (κ2) is 6.30. The minimum atomic E-state index is -3.92. The van der Waals surface area contributed by atoms with Crippen LogP contribution >= 0.6 is 0 Å². The van der Waals surface area contributed by atoms with Crippen molar-refractivity contribution in [3.05, 3.63) is 60.7 Å². The summed E-state index contributed by atoms with van der Waals surface area (Å²) < 4.78 is 49.7. The number of nitrogens with one attached hydrogen (secondary N) is 1. The number of amides is 1. The smallest absolute Gasteiger partial charge is 0.265 e. The predicted molar refractivity (Wildman–Crippen MR) is 105 cm³/mol.